The molecule has 1 aromatic carbocycles. The van der Waals surface area contributed by atoms with Crippen molar-refractivity contribution in [2.75, 3.05) is 33.4 Å². The first-order valence-corrected chi connectivity index (χ1v) is 8.38. The zero-order chi connectivity index (χ0) is 16.5. The highest BCUT2D eigenvalue weighted by Gasteiger charge is 2.12. The number of nitro groups is 1. The molecule has 1 aromatic rings. The number of ether oxygens (including phenoxy) is 2. The largest absolute Gasteiger partial charge is 0.493 e. The van der Waals surface area contributed by atoms with E-state index in [9.17, 15) is 10.1 Å². The fraction of sp³-hybridized carbons (Fsp3) is 0.647. The summed E-state index contributed by atoms with van der Waals surface area (Å²) in [6, 6.07) is 4.44. The van der Waals surface area contributed by atoms with Crippen molar-refractivity contribution in [3.05, 3.63) is 28.3 Å². The van der Waals surface area contributed by atoms with E-state index in [1.54, 1.807) is 6.07 Å². The van der Waals surface area contributed by atoms with Crippen LogP contribution in [0.4, 0.5) is 5.69 Å². The second kappa shape index (κ2) is 9.35. The molecule has 0 radical (unpaired) electrons. The first-order valence-electron chi connectivity index (χ1n) is 8.38. The van der Waals surface area contributed by atoms with Crippen molar-refractivity contribution in [3.63, 3.8) is 0 Å². The van der Waals surface area contributed by atoms with Crippen LogP contribution >= 0.6 is 0 Å². The topological polar surface area (TPSA) is 64.8 Å². The van der Waals surface area contributed by atoms with Crippen LogP contribution in [0.2, 0.25) is 0 Å². The summed E-state index contributed by atoms with van der Waals surface area (Å²) in [5.74, 6) is 0.974. The van der Waals surface area contributed by atoms with Gasteiger partial charge in [0.05, 0.1) is 24.7 Å². The Morgan fingerprint density at radius 1 is 1.13 bits per heavy atom. The minimum absolute atomic E-state index is 0.00994. The highest BCUT2D eigenvalue weighted by molar-refractivity contribution is 5.48. The number of nitrogens with zero attached hydrogens (tertiary/aromatic N) is 2. The van der Waals surface area contributed by atoms with Crippen LogP contribution in [0, 0.1) is 10.1 Å². The number of nitro benzene ring substituents is 1. The molecule has 0 aromatic heterocycles. The molecule has 23 heavy (non-hydrogen) atoms. The van der Waals surface area contributed by atoms with Crippen LogP contribution in [-0.4, -0.2) is 43.2 Å². The molecule has 0 unspecified atom stereocenters. The van der Waals surface area contributed by atoms with E-state index in [0.29, 0.717) is 18.1 Å². The average Bonchev–Trinajstić information content (AvgIpc) is 2.58. The Balaban J connectivity index is 1.66. The molecule has 1 heterocycles. The fourth-order valence-corrected chi connectivity index (χ4v) is 2.87. The number of piperidine rings is 1. The molecule has 0 spiro atoms. The van der Waals surface area contributed by atoms with Crippen molar-refractivity contribution in [1.82, 2.24) is 4.90 Å². The third-order valence-corrected chi connectivity index (χ3v) is 4.18. The summed E-state index contributed by atoms with van der Waals surface area (Å²) in [4.78, 5) is 12.9. The molecule has 0 atom stereocenters. The predicted octanol–water partition coefficient (Wildman–Crippen LogP) is 3.64. The lowest BCUT2D eigenvalue weighted by Crippen LogP contribution is -2.30. The smallest absolute Gasteiger partial charge is 0.273 e. The van der Waals surface area contributed by atoms with E-state index in [2.05, 4.69) is 4.90 Å². The number of non-ortho nitro benzene ring substituents is 1. The summed E-state index contributed by atoms with van der Waals surface area (Å²) in [6.07, 6.45) is 7.36. The van der Waals surface area contributed by atoms with Gasteiger partial charge >= 0.3 is 0 Å². The van der Waals surface area contributed by atoms with Gasteiger partial charge in [0, 0.05) is 6.07 Å². The zero-order valence-electron chi connectivity index (χ0n) is 13.8. The number of hydrogen-bond acceptors (Lipinski definition) is 5. The van der Waals surface area contributed by atoms with Crippen LogP contribution < -0.4 is 9.47 Å². The Bertz CT molecular complexity index is 501. The van der Waals surface area contributed by atoms with E-state index in [1.807, 2.05) is 0 Å². The summed E-state index contributed by atoms with van der Waals surface area (Å²) in [7, 11) is 1.49. The fourth-order valence-electron chi connectivity index (χ4n) is 2.87. The third-order valence-electron chi connectivity index (χ3n) is 4.18. The summed E-state index contributed by atoms with van der Waals surface area (Å²) in [5.41, 5.74) is 0.00994. The number of likely N-dealkylation sites (tertiary alicyclic amines) is 1. The van der Waals surface area contributed by atoms with Crippen molar-refractivity contribution in [1.29, 1.82) is 0 Å². The van der Waals surface area contributed by atoms with Crippen LogP contribution in [0.15, 0.2) is 18.2 Å². The lowest BCUT2D eigenvalue weighted by atomic mass is 10.1. The number of hydrogen-bond donors (Lipinski definition) is 0. The van der Waals surface area contributed by atoms with Gasteiger partial charge in [-0.3, -0.25) is 10.1 Å². The van der Waals surface area contributed by atoms with Gasteiger partial charge < -0.3 is 14.4 Å². The quantitative estimate of drug-likeness (QED) is 0.394. The van der Waals surface area contributed by atoms with Gasteiger partial charge in [0.2, 0.25) is 0 Å². The Kier molecular flexibility index (Phi) is 7.13. The molecule has 0 amide bonds. The maximum Gasteiger partial charge on any atom is 0.273 e. The highest BCUT2D eigenvalue weighted by Crippen LogP contribution is 2.31. The van der Waals surface area contributed by atoms with Gasteiger partial charge in [-0.1, -0.05) is 6.42 Å². The first kappa shape index (κ1) is 17.5. The molecule has 128 valence electrons. The summed E-state index contributed by atoms with van der Waals surface area (Å²) >= 11 is 0. The minimum Gasteiger partial charge on any atom is -0.493 e. The van der Waals surface area contributed by atoms with Gasteiger partial charge in [-0.05, 0) is 57.8 Å². The molecule has 0 saturated carbocycles. The Labute approximate surface area is 137 Å². The second-order valence-corrected chi connectivity index (χ2v) is 5.90. The van der Waals surface area contributed by atoms with Crippen LogP contribution in [0.3, 0.4) is 0 Å². The highest BCUT2D eigenvalue weighted by atomic mass is 16.6. The van der Waals surface area contributed by atoms with E-state index in [1.165, 1.54) is 64.6 Å². The van der Waals surface area contributed by atoms with Crippen LogP contribution in [-0.2, 0) is 0 Å². The standard InChI is InChI=1S/C17H26N2O4/c1-22-17-14-15(19(20)21)8-9-16(17)23-13-7-3-6-12-18-10-4-2-5-11-18/h8-9,14H,2-7,10-13H2,1H3. The van der Waals surface area contributed by atoms with E-state index in [4.69, 9.17) is 9.47 Å². The molecule has 0 bridgehead atoms. The van der Waals surface area contributed by atoms with Crippen molar-refractivity contribution in [2.24, 2.45) is 0 Å². The summed E-state index contributed by atoms with van der Waals surface area (Å²) in [6.45, 7) is 4.28. The van der Waals surface area contributed by atoms with Gasteiger partial charge in [0.1, 0.15) is 0 Å². The zero-order valence-corrected chi connectivity index (χ0v) is 13.8. The molecule has 1 fully saturated rings. The van der Waals surface area contributed by atoms with E-state index >= 15 is 0 Å². The van der Waals surface area contributed by atoms with Crippen molar-refractivity contribution >= 4 is 5.69 Å². The lowest BCUT2D eigenvalue weighted by Gasteiger charge is -2.26. The third kappa shape index (κ3) is 5.71. The molecule has 0 N–H and O–H groups in total. The van der Waals surface area contributed by atoms with Gasteiger partial charge in [-0.15, -0.1) is 0 Å². The second-order valence-electron chi connectivity index (χ2n) is 5.90. The Hall–Kier alpha value is -1.82. The molecule has 2 rings (SSSR count). The Morgan fingerprint density at radius 3 is 2.61 bits per heavy atom. The number of rotatable bonds is 9. The molecule has 6 heteroatoms. The summed E-state index contributed by atoms with van der Waals surface area (Å²) in [5, 5.41) is 10.7. The normalized spacial score (nSPS) is 15.3. The molecular weight excluding hydrogens is 296 g/mol. The molecule has 0 aliphatic carbocycles. The van der Waals surface area contributed by atoms with Crippen LogP contribution in [0.5, 0.6) is 11.5 Å². The van der Waals surface area contributed by atoms with Gasteiger partial charge in [-0.2, -0.15) is 0 Å². The lowest BCUT2D eigenvalue weighted by molar-refractivity contribution is -0.384. The Morgan fingerprint density at radius 2 is 1.91 bits per heavy atom. The number of methoxy groups -OCH3 is 1. The molecule has 6 nitrogen and oxygen atoms in total. The average molecular weight is 322 g/mol. The van der Waals surface area contributed by atoms with Gasteiger partial charge in [-0.25, -0.2) is 0 Å². The van der Waals surface area contributed by atoms with E-state index < -0.39 is 4.92 Å². The van der Waals surface area contributed by atoms with Crippen molar-refractivity contribution in [2.45, 2.75) is 38.5 Å². The molecule has 1 saturated heterocycles. The first-order chi connectivity index (χ1) is 11.2. The van der Waals surface area contributed by atoms with Crippen LogP contribution in [0.25, 0.3) is 0 Å². The van der Waals surface area contributed by atoms with Gasteiger partial charge in [0.25, 0.3) is 5.69 Å². The SMILES string of the molecule is COc1cc([N+](=O)[O-])ccc1OCCCCCN1CCCCC1. The monoisotopic (exact) mass is 322 g/mol. The van der Waals surface area contributed by atoms with E-state index in [0.717, 1.165) is 12.8 Å². The maximum absolute atomic E-state index is 10.7. The molecular formula is C17H26N2O4. The minimum atomic E-state index is -0.438. The van der Waals surface area contributed by atoms with Crippen LogP contribution in [0.1, 0.15) is 38.5 Å². The summed E-state index contributed by atoms with van der Waals surface area (Å²) < 4.78 is 10.9. The van der Waals surface area contributed by atoms with Crippen molar-refractivity contribution in [3.8, 4) is 11.5 Å². The maximum atomic E-state index is 10.7. The van der Waals surface area contributed by atoms with Gasteiger partial charge in [0.15, 0.2) is 11.5 Å². The van der Waals surface area contributed by atoms with E-state index in [-0.39, 0.29) is 5.69 Å². The molecule has 1 aliphatic rings. The molecule has 1 aliphatic heterocycles. The number of unbranched alkanes of at least 4 members (excludes halogenated alkanes) is 2. The van der Waals surface area contributed by atoms with Crippen molar-refractivity contribution < 1.29 is 14.4 Å². The predicted molar refractivity (Wildman–Crippen MR) is 89.3 cm³/mol. The number of benzene rings is 1.